The number of aromatic nitrogens is 2. The summed E-state index contributed by atoms with van der Waals surface area (Å²) in [5.41, 5.74) is 12.7. The Balaban J connectivity index is 1.40. The minimum absolute atomic E-state index is 0.132. The molecule has 0 saturated carbocycles. The normalized spacial score (nSPS) is 11.0. The summed E-state index contributed by atoms with van der Waals surface area (Å²) in [4.78, 5) is 12.3. The fourth-order valence-corrected chi connectivity index (χ4v) is 4.46. The van der Waals surface area contributed by atoms with Gasteiger partial charge in [-0.05, 0) is 70.3 Å². The van der Waals surface area contributed by atoms with E-state index in [1.165, 1.54) is 6.07 Å². The molecule has 5 N–H and O–H groups in total. The van der Waals surface area contributed by atoms with Gasteiger partial charge in [0.1, 0.15) is 5.82 Å². The average molecular weight is 458 g/mol. The smallest absolute Gasteiger partial charge is 0.323 e. The number of nitrogens with two attached hydrogens (primary N) is 1. The van der Waals surface area contributed by atoms with E-state index in [0.717, 1.165) is 38.7 Å². The Morgan fingerprint density at radius 2 is 1.79 bits per heavy atom. The number of aryl methyl sites for hydroxylation is 1. The largest absolute Gasteiger partial charge is 0.382 e. The molecule has 0 bridgehead atoms. The molecule has 0 aliphatic rings. The fraction of sp³-hybridized carbons (Fsp3) is 0.0400. The number of urea groups is 1. The molecule has 5 rings (SSSR count). The van der Waals surface area contributed by atoms with Gasteiger partial charge in [-0.1, -0.05) is 30.3 Å². The number of amides is 2. The lowest BCUT2D eigenvalue weighted by molar-refractivity contribution is 0.262. The summed E-state index contributed by atoms with van der Waals surface area (Å²) in [5, 5.41) is 17.5. The molecule has 0 atom stereocenters. The minimum atomic E-state index is -0.520. The molecular weight excluding hydrogens is 437 g/mol. The number of rotatable bonds is 4. The van der Waals surface area contributed by atoms with E-state index >= 15 is 0 Å². The first-order valence-corrected chi connectivity index (χ1v) is 11.2. The highest BCUT2D eigenvalue weighted by Crippen LogP contribution is 2.38. The van der Waals surface area contributed by atoms with Crippen LogP contribution in [0.4, 0.5) is 26.4 Å². The van der Waals surface area contributed by atoms with Crippen LogP contribution in [0.25, 0.3) is 33.2 Å². The third kappa shape index (κ3) is 4.04. The zero-order valence-corrected chi connectivity index (χ0v) is 18.5. The molecule has 0 aliphatic heterocycles. The number of aromatic amines is 1. The van der Waals surface area contributed by atoms with Gasteiger partial charge in [-0.15, -0.1) is 0 Å². The topological polar surface area (TPSA) is 95.8 Å². The van der Waals surface area contributed by atoms with E-state index < -0.39 is 11.8 Å². The lowest BCUT2D eigenvalue weighted by Gasteiger charge is -2.11. The van der Waals surface area contributed by atoms with E-state index in [2.05, 4.69) is 32.3 Å². The number of fused-ring (bicyclic) bond motifs is 1. The number of nitrogen functional groups attached to an aromatic ring is 1. The molecule has 0 radical (unpaired) electrons. The van der Waals surface area contributed by atoms with Crippen LogP contribution in [-0.2, 0) is 0 Å². The molecule has 0 saturated heterocycles. The zero-order chi connectivity index (χ0) is 22.9. The molecule has 2 aromatic heterocycles. The second-order valence-corrected chi connectivity index (χ2v) is 8.45. The number of halogens is 1. The number of anilines is 3. The Labute approximate surface area is 193 Å². The molecule has 8 heteroatoms. The lowest BCUT2D eigenvalue weighted by atomic mass is 9.96. The van der Waals surface area contributed by atoms with E-state index in [0.29, 0.717) is 11.5 Å². The number of hydrogen-bond donors (Lipinski definition) is 4. The van der Waals surface area contributed by atoms with Gasteiger partial charge in [0, 0.05) is 11.3 Å². The number of carbonyl (C=O) groups excluding carboxylic acids is 1. The first kappa shape index (κ1) is 20.7. The summed E-state index contributed by atoms with van der Waals surface area (Å²) in [5.74, 6) is -0.0578. The van der Waals surface area contributed by atoms with Crippen molar-refractivity contribution in [3.05, 3.63) is 82.8 Å². The van der Waals surface area contributed by atoms with Crippen molar-refractivity contribution in [1.82, 2.24) is 10.2 Å². The van der Waals surface area contributed by atoms with Crippen molar-refractivity contribution in [3.8, 4) is 22.3 Å². The Morgan fingerprint density at radius 3 is 2.55 bits per heavy atom. The number of carbonyl (C=O) groups is 1. The van der Waals surface area contributed by atoms with Crippen molar-refractivity contribution in [2.45, 2.75) is 6.92 Å². The van der Waals surface area contributed by atoms with E-state index in [4.69, 9.17) is 5.73 Å². The van der Waals surface area contributed by atoms with Crippen LogP contribution in [0.15, 0.2) is 71.4 Å². The zero-order valence-electron chi connectivity index (χ0n) is 17.6. The number of nitrogens with zero attached hydrogens (tertiary/aromatic N) is 1. The predicted octanol–water partition coefficient (Wildman–Crippen LogP) is 6.63. The first-order chi connectivity index (χ1) is 16.0. The number of thiophene rings is 1. The van der Waals surface area contributed by atoms with Gasteiger partial charge in [-0.25, -0.2) is 9.18 Å². The molecule has 6 nitrogen and oxygen atoms in total. The third-order valence-corrected chi connectivity index (χ3v) is 6.09. The van der Waals surface area contributed by atoms with Crippen LogP contribution in [0.2, 0.25) is 0 Å². The highest BCUT2D eigenvalue weighted by molar-refractivity contribution is 7.08. The number of hydrogen-bond acceptors (Lipinski definition) is 4. The van der Waals surface area contributed by atoms with Crippen LogP contribution in [0.1, 0.15) is 5.56 Å². The van der Waals surface area contributed by atoms with E-state index in [1.54, 1.807) is 35.6 Å². The summed E-state index contributed by atoms with van der Waals surface area (Å²) in [6.07, 6.45) is 0. The van der Waals surface area contributed by atoms with Crippen LogP contribution >= 0.6 is 11.3 Å². The Bertz CT molecular complexity index is 1460. The highest BCUT2D eigenvalue weighted by atomic mass is 32.1. The SMILES string of the molecule is Cc1ccc(F)c(NC(=O)Nc2ccc(-c3ccc(-c4ccsc4)c4[nH]nc(N)c34)cc2)c1. The number of H-pyrrole nitrogens is 1. The van der Waals surface area contributed by atoms with Gasteiger partial charge in [-0.2, -0.15) is 16.4 Å². The molecule has 0 aliphatic carbocycles. The van der Waals surface area contributed by atoms with Crippen molar-refractivity contribution in [2.75, 3.05) is 16.4 Å². The van der Waals surface area contributed by atoms with Gasteiger partial charge < -0.3 is 16.4 Å². The summed E-state index contributed by atoms with van der Waals surface area (Å²) in [6, 6.07) is 17.5. The van der Waals surface area contributed by atoms with Crippen molar-refractivity contribution in [2.24, 2.45) is 0 Å². The van der Waals surface area contributed by atoms with Crippen molar-refractivity contribution < 1.29 is 9.18 Å². The van der Waals surface area contributed by atoms with Gasteiger partial charge in [0.2, 0.25) is 0 Å². The Morgan fingerprint density at radius 1 is 1.00 bits per heavy atom. The monoisotopic (exact) mass is 457 g/mol. The molecular formula is C25H20FN5OS. The van der Waals surface area contributed by atoms with Gasteiger partial charge in [0.05, 0.1) is 16.6 Å². The van der Waals surface area contributed by atoms with Crippen molar-refractivity contribution in [1.29, 1.82) is 0 Å². The van der Waals surface area contributed by atoms with Gasteiger partial charge in [0.15, 0.2) is 5.82 Å². The van der Waals surface area contributed by atoms with E-state index in [9.17, 15) is 9.18 Å². The van der Waals surface area contributed by atoms with Crippen LogP contribution < -0.4 is 16.4 Å². The second-order valence-electron chi connectivity index (χ2n) is 7.67. The molecule has 2 heterocycles. The molecule has 33 heavy (non-hydrogen) atoms. The predicted molar refractivity (Wildman–Crippen MR) is 133 cm³/mol. The third-order valence-electron chi connectivity index (χ3n) is 5.41. The van der Waals surface area contributed by atoms with E-state index in [-0.39, 0.29) is 5.69 Å². The number of benzene rings is 3. The highest BCUT2D eigenvalue weighted by Gasteiger charge is 2.15. The second kappa shape index (κ2) is 8.40. The standard InChI is InChI=1S/C25H20FN5OS/c1-14-2-9-20(26)21(12-14)29-25(32)28-17-5-3-15(4-6-17)18-7-8-19(16-10-11-33-13-16)23-22(18)24(27)31-30-23/h2-13H,1H3,(H3,27,30,31)(H2,28,29,32). The fourth-order valence-electron chi connectivity index (χ4n) is 3.81. The van der Waals surface area contributed by atoms with Gasteiger partial charge in [-0.3, -0.25) is 5.10 Å². The van der Waals surface area contributed by atoms with Crippen molar-refractivity contribution >= 4 is 45.5 Å². The molecule has 5 aromatic rings. The summed E-state index contributed by atoms with van der Waals surface area (Å²) >= 11 is 1.63. The summed E-state index contributed by atoms with van der Waals surface area (Å²) < 4.78 is 13.9. The quantitative estimate of drug-likeness (QED) is 0.244. The van der Waals surface area contributed by atoms with Crippen LogP contribution in [0.5, 0.6) is 0 Å². The lowest BCUT2D eigenvalue weighted by Crippen LogP contribution is -2.20. The summed E-state index contributed by atoms with van der Waals surface area (Å²) in [6.45, 7) is 1.83. The maximum Gasteiger partial charge on any atom is 0.323 e. The average Bonchev–Trinajstić information content (AvgIpc) is 3.47. The van der Waals surface area contributed by atoms with Gasteiger partial charge >= 0.3 is 6.03 Å². The minimum Gasteiger partial charge on any atom is -0.382 e. The van der Waals surface area contributed by atoms with Crippen LogP contribution in [-0.4, -0.2) is 16.2 Å². The first-order valence-electron chi connectivity index (χ1n) is 10.2. The molecule has 0 spiro atoms. The molecule has 0 unspecified atom stereocenters. The van der Waals surface area contributed by atoms with Crippen molar-refractivity contribution in [3.63, 3.8) is 0 Å². The molecule has 3 aromatic carbocycles. The molecule has 164 valence electrons. The van der Waals surface area contributed by atoms with Crippen LogP contribution in [0.3, 0.4) is 0 Å². The molecule has 0 fully saturated rings. The Kier molecular flexibility index (Phi) is 5.27. The maximum atomic E-state index is 13.9. The number of nitrogens with one attached hydrogen (secondary N) is 3. The van der Waals surface area contributed by atoms with E-state index in [1.807, 2.05) is 36.6 Å². The molecule has 2 amide bonds. The summed E-state index contributed by atoms with van der Waals surface area (Å²) in [7, 11) is 0. The maximum absolute atomic E-state index is 13.9. The van der Waals surface area contributed by atoms with Gasteiger partial charge in [0.25, 0.3) is 0 Å². The van der Waals surface area contributed by atoms with Crippen LogP contribution in [0, 0.1) is 12.7 Å². The Hall–Kier alpha value is -4.17.